The molecule has 0 heterocycles. The third kappa shape index (κ3) is 5.68. The van der Waals surface area contributed by atoms with Gasteiger partial charge in [-0.3, -0.25) is 4.79 Å². The predicted octanol–water partition coefficient (Wildman–Crippen LogP) is 4.58. The van der Waals surface area contributed by atoms with E-state index in [0.717, 1.165) is 6.07 Å². The molecular weight excluding hydrogens is 452 g/mol. The molecule has 0 atom stereocenters. The van der Waals surface area contributed by atoms with E-state index in [4.69, 9.17) is 5.11 Å². The summed E-state index contributed by atoms with van der Waals surface area (Å²) in [6.07, 6.45) is 0. The van der Waals surface area contributed by atoms with Crippen LogP contribution in [-0.2, 0) is 0 Å². The zero-order valence-electron chi connectivity index (χ0n) is 12.7. The molecule has 1 amide bonds. The zero-order valence-corrected chi connectivity index (χ0v) is 15.9. The Kier molecular flexibility index (Phi) is 7.50. The first-order valence-electron chi connectivity index (χ1n) is 6.48. The minimum absolute atomic E-state index is 0.0828. The van der Waals surface area contributed by atoms with Crippen molar-refractivity contribution < 1.29 is 23.5 Å². The van der Waals surface area contributed by atoms with Crippen molar-refractivity contribution >= 4 is 43.7 Å². The van der Waals surface area contributed by atoms with E-state index in [0.29, 0.717) is 8.95 Å². The first kappa shape index (κ1) is 20.2. The molecular formula is C16H13Br2F2NO3. The molecule has 0 bridgehead atoms. The summed E-state index contributed by atoms with van der Waals surface area (Å²) >= 11 is 6.21. The Morgan fingerprint density at radius 1 is 0.917 bits per heavy atom. The Hall–Kier alpha value is -1.80. The first-order valence-corrected chi connectivity index (χ1v) is 8.07. The van der Waals surface area contributed by atoms with Crippen LogP contribution >= 0.6 is 31.9 Å². The fourth-order valence-corrected chi connectivity index (χ4v) is 2.29. The van der Waals surface area contributed by atoms with E-state index >= 15 is 0 Å². The van der Waals surface area contributed by atoms with Crippen LogP contribution in [0.1, 0.15) is 20.7 Å². The van der Waals surface area contributed by atoms with Crippen LogP contribution in [0.5, 0.6) is 0 Å². The third-order valence-corrected chi connectivity index (χ3v) is 3.71. The number of carboxylic acid groups (broad SMARTS) is 1. The lowest BCUT2D eigenvalue weighted by Gasteiger charge is -2.10. The van der Waals surface area contributed by atoms with Crippen LogP contribution in [0.2, 0.25) is 0 Å². The predicted molar refractivity (Wildman–Crippen MR) is 93.2 cm³/mol. The summed E-state index contributed by atoms with van der Waals surface area (Å²) in [5.74, 6) is -2.81. The lowest BCUT2D eigenvalue weighted by Crippen LogP contribution is -2.22. The van der Waals surface area contributed by atoms with Crippen LogP contribution in [0, 0.1) is 11.6 Å². The van der Waals surface area contributed by atoms with Crippen LogP contribution in [0.4, 0.5) is 8.78 Å². The quantitative estimate of drug-likeness (QED) is 0.707. The molecule has 2 aromatic rings. The number of carbonyl (C=O) groups is 2. The van der Waals surface area contributed by atoms with Gasteiger partial charge in [-0.15, -0.1) is 0 Å². The molecule has 0 spiro atoms. The topological polar surface area (TPSA) is 57.6 Å². The number of aromatic carboxylic acids is 1. The van der Waals surface area contributed by atoms with Gasteiger partial charge in [0.1, 0.15) is 11.6 Å². The molecule has 1 N–H and O–H groups in total. The summed E-state index contributed by atoms with van der Waals surface area (Å²) in [5, 5.41) is 8.43. The Bertz CT molecular complexity index is 767. The summed E-state index contributed by atoms with van der Waals surface area (Å²) in [5.41, 5.74) is -0.237. The van der Waals surface area contributed by atoms with Gasteiger partial charge in [0.2, 0.25) is 0 Å². The van der Waals surface area contributed by atoms with Gasteiger partial charge in [0.05, 0.1) is 11.1 Å². The van der Waals surface area contributed by atoms with Gasteiger partial charge >= 0.3 is 5.97 Å². The van der Waals surface area contributed by atoms with Crippen LogP contribution < -0.4 is 0 Å². The molecule has 2 rings (SSSR count). The Morgan fingerprint density at radius 3 is 1.71 bits per heavy atom. The number of nitrogens with zero attached hydrogens (tertiary/aromatic N) is 1. The van der Waals surface area contributed by atoms with Crippen LogP contribution in [-0.4, -0.2) is 36.0 Å². The van der Waals surface area contributed by atoms with Gasteiger partial charge in [-0.1, -0.05) is 31.9 Å². The monoisotopic (exact) mass is 463 g/mol. The summed E-state index contributed by atoms with van der Waals surface area (Å²) < 4.78 is 27.0. The lowest BCUT2D eigenvalue weighted by atomic mass is 10.2. The van der Waals surface area contributed by atoms with Gasteiger partial charge in [0.15, 0.2) is 0 Å². The maximum absolute atomic E-state index is 13.1. The number of halogens is 4. The van der Waals surface area contributed by atoms with Crippen LogP contribution in [0.25, 0.3) is 0 Å². The van der Waals surface area contributed by atoms with E-state index in [-0.39, 0.29) is 17.0 Å². The molecule has 0 saturated heterocycles. The van der Waals surface area contributed by atoms with E-state index < -0.39 is 17.6 Å². The second kappa shape index (κ2) is 8.89. The van der Waals surface area contributed by atoms with Crippen molar-refractivity contribution in [3.8, 4) is 0 Å². The van der Waals surface area contributed by atoms with Crippen LogP contribution in [0.15, 0.2) is 45.3 Å². The molecule has 2 aromatic carbocycles. The molecule has 8 heteroatoms. The van der Waals surface area contributed by atoms with Crippen molar-refractivity contribution in [2.24, 2.45) is 0 Å². The molecule has 0 aliphatic rings. The average molecular weight is 465 g/mol. The molecule has 4 nitrogen and oxygen atoms in total. The Labute approximate surface area is 154 Å². The van der Waals surface area contributed by atoms with Gasteiger partial charge in [-0.05, 0) is 36.4 Å². The Balaban J connectivity index is 0.000000243. The largest absolute Gasteiger partial charge is 0.478 e. The highest BCUT2D eigenvalue weighted by molar-refractivity contribution is 9.10. The van der Waals surface area contributed by atoms with Gasteiger partial charge in [0.25, 0.3) is 5.91 Å². The second-order valence-electron chi connectivity index (χ2n) is 4.75. The SMILES string of the molecule is CN(C)C(=O)c1cc(Br)ccc1F.O=C(O)c1cc(Br)ccc1F. The van der Waals surface area contributed by atoms with Crippen molar-refractivity contribution in [1.29, 1.82) is 0 Å². The number of hydrogen-bond acceptors (Lipinski definition) is 2. The fraction of sp³-hybridized carbons (Fsp3) is 0.125. The summed E-state index contributed by atoms with van der Waals surface area (Å²) in [6.45, 7) is 0. The average Bonchev–Trinajstić information content (AvgIpc) is 2.51. The summed E-state index contributed by atoms with van der Waals surface area (Å²) in [6, 6.07) is 8.06. The van der Waals surface area contributed by atoms with Gasteiger partial charge in [-0.2, -0.15) is 0 Å². The number of benzene rings is 2. The minimum atomic E-state index is -1.26. The number of carbonyl (C=O) groups excluding carboxylic acids is 1. The highest BCUT2D eigenvalue weighted by Gasteiger charge is 2.13. The third-order valence-electron chi connectivity index (χ3n) is 2.72. The summed E-state index contributed by atoms with van der Waals surface area (Å²) in [7, 11) is 3.17. The molecule has 0 aromatic heterocycles. The molecule has 0 unspecified atom stereocenters. The van der Waals surface area contributed by atoms with Gasteiger partial charge in [0, 0.05) is 23.0 Å². The molecule has 0 saturated carbocycles. The first-order chi connectivity index (χ1) is 11.1. The maximum Gasteiger partial charge on any atom is 0.338 e. The molecule has 0 aliphatic carbocycles. The minimum Gasteiger partial charge on any atom is -0.478 e. The second-order valence-corrected chi connectivity index (χ2v) is 6.58. The maximum atomic E-state index is 13.1. The van der Waals surface area contributed by atoms with E-state index in [1.54, 1.807) is 20.2 Å². The molecule has 0 fully saturated rings. The van der Waals surface area contributed by atoms with Gasteiger partial charge in [-0.25, -0.2) is 13.6 Å². The molecule has 128 valence electrons. The number of rotatable bonds is 2. The van der Waals surface area contributed by atoms with Crippen LogP contribution in [0.3, 0.4) is 0 Å². The highest BCUT2D eigenvalue weighted by Crippen LogP contribution is 2.16. The standard InChI is InChI=1S/C9H9BrFNO.C7H4BrFO2/c1-12(2)9(13)7-5-6(10)3-4-8(7)11;8-4-1-2-6(9)5(3-4)7(10)11/h3-5H,1-2H3;1-3H,(H,10,11). The highest BCUT2D eigenvalue weighted by atomic mass is 79.9. The molecule has 0 radical (unpaired) electrons. The number of hydrogen-bond donors (Lipinski definition) is 1. The lowest BCUT2D eigenvalue weighted by molar-refractivity contribution is 0.0691. The number of amides is 1. The van der Waals surface area contributed by atoms with Crippen molar-refractivity contribution in [3.63, 3.8) is 0 Å². The van der Waals surface area contributed by atoms with Gasteiger partial charge < -0.3 is 10.0 Å². The molecule has 0 aliphatic heterocycles. The van der Waals surface area contributed by atoms with Crippen molar-refractivity contribution in [2.75, 3.05) is 14.1 Å². The van der Waals surface area contributed by atoms with E-state index in [1.807, 2.05) is 0 Å². The van der Waals surface area contributed by atoms with E-state index in [9.17, 15) is 18.4 Å². The zero-order chi connectivity index (χ0) is 18.4. The normalized spacial score (nSPS) is 9.75. The fourth-order valence-electron chi connectivity index (χ4n) is 1.56. The van der Waals surface area contributed by atoms with E-state index in [2.05, 4.69) is 31.9 Å². The summed E-state index contributed by atoms with van der Waals surface area (Å²) in [4.78, 5) is 23.0. The van der Waals surface area contributed by atoms with E-state index in [1.165, 1.54) is 29.2 Å². The van der Waals surface area contributed by atoms with Crippen molar-refractivity contribution in [2.45, 2.75) is 0 Å². The molecule has 24 heavy (non-hydrogen) atoms. The van der Waals surface area contributed by atoms with Crippen molar-refractivity contribution in [3.05, 3.63) is 68.1 Å². The Morgan fingerprint density at radius 2 is 1.33 bits per heavy atom. The number of carboxylic acids is 1. The van der Waals surface area contributed by atoms with Crippen molar-refractivity contribution in [1.82, 2.24) is 4.90 Å². The smallest absolute Gasteiger partial charge is 0.338 e.